The predicted molar refractivity (Wildman–Crippen MR) is 135 cm³/mol. The zero-order valence-electron chi connectivity index (χ0n) is 17.1. The summed E-state index contributed by atoms with van der Waals surface area (Å²) in [5.74, 6) is 1.59. The van der Waals surface area contributed by atoms with Crippen molar-refractivity contribution >= 4 is 65.3 Å². The van der Waals surface area contributed by atoms with E-state index in [1.165, 1.54) is 18.4 Å². The maximum Gasteiger partial charge on any atom is 0.154 e. The molecule has 2 aromatic carbocycles. The van der Waals surface area contributed by atoms with Gasteiger partial charge in [-0.05, 0) is 61.7 Å². The van der Waals surface area contributed by atoms with E-state index in [-0.39, 0.29) is 24.8 Å². The molecule has 0 spiro atoms. The standard InChI is InChI=1S/C23H27ClN4.2ClH/c1-17-7-6-8-20-22(17)23(26-16-5-3-2-4-15-25)28-21(27-20)14-11-18-9-12-19(24)13-10-18;;/h6-14H,2-5,15-16,25H2,1H3,(H,26,27,28);2*1H/b14-11+;;. The van der Waals surface area contributed by atoms with Gasteiger partial charge in [0.25, 0.3) is 0 Å². The number of nitrogens with one attached hydrogen (secondary N) is 1. The highest BCUT2D eigenvalue weighted by Gasteiger charge is 2.08. The molecular formula is C23H29Cl3N4. The lowest BCUT2D eigenvalue weighted by atomic mass is 10.1. The van der Waals surface area contributed by atoms with Gasteiger partial charge in [-0.25, -0.2) is 9.97 Å². The summed E-state index contributed by atoms with van der Waals surface area (Å²) in [6.07, 6.45) is 8.50. The Morgan fingerprint density at radius 2 is 1.67 bits per heavy atom. The molecule has 4 nitrogen and oxygen atoms in total. The van der Waals surface area contributed by atoms with Crippen molar-refractivity contribution in [2.75, 3.05) is 18.4 Å². The SMILES string of the molecule is Cc1cccc2nc(/C=C/c3ccc(Cl)cc3)nc(NCCCCCCN)c12.Cl.Cl. The number of nitrogens with zero attached hydrogens (tertiary/aromatic N) is 2. The first-order valence-corrected chi connectivity index (χ1v) is 10.2. The predicted octanol–water partition coefficient (Wildman–Crippen LogP) is 6.54. The quantitative estimate of drug-likeness (QED) is 0.351. The Hall–Kier alpha value is -1.85. The summed E-state index contributed by atoms with van der Waals surface area (Å²) in [6, 6.07) is 13.9. The van der Waals surface area contributed by atoms with Gasteiger partial charge in [-0.1, -0.05) is 54.8 Å². The highest BCUT2D eigenvalue weighted by atomic mass is 35.5. The maximum atomic E-state index is 5.95. The van der Waals surface area contributed by atoms with Gasteiger partial charge < -0.3 is 11.1 Å². The molecule has 0 amide bonds. The molecule has 0 saturated heterocycles. The number of benzene rings is 2. The fraction of sp³-hybridized carbons (Fsp3) is 0.304. The average molecular weight is 468 g/mol. The molecule has 0 saturated carbocycles. The van der Waals surface area contributed by atoms with Crippen LogP contribution in [0.5, 0.6) is 0 Å². The zero-order valence-corrected chi connectivity index (χ0v) is 19.5. The number of hydrogen-bond acceptors (Lipinski definition) is 4. The first-order valence-electron chi connectivity index (χ1n) is 9.82. The number of aryl methyl sites for hydroxylation is 1. The third kappa shape index (κ3) is 7.44. The van der Waals surface area contributed by atoms with Crippen LogP contribution in [0.3, 0.4) is 0 Å². The Morgan fingerprint density at radius 3 is 2.40 bits per heavy atom. The fourth-order valence-corrected chi connectivity index (χ4v) is 3.28. The van der Waals surface area contributed by atoms with Crippen LogP contribution >= 0.6 is 36.4 Å². The van der Waals surface area contributed by atoms with Gasteiger partial charge in [-0.15, -0.1) is 24.8 Å². The second-order valence-corrected chi connectivity index (χ2v) is 7.35. The summed E-state index contributed by atoms with van der Waals surface area (Å²) in [4.78, 5) is 9.49. The normalized spacial score (nSPS) is 10.6. The molecule has 0 atom stereocenters. The summed E-state index contributed by atoms with van der Waals surface area (Å²) in [7, 11) is 0. The number of hydrogen-bond donors (Lipinski definition) is 2. The lowest BCUT2D eigenvalue weighted by Gasteiger charge is -2.11. The molecule has 3 aromatic rings. The van der Waals surface area contributed by atoms with Crippen LogP contribution in [0, 0.1) is 6.92 Å². The highest BCUT2D eigenvalue weighted by Crippen LogP contribution is 2.25. The van der Waals surface area contributed by atoms with Gasteiger partial charge in [-0.3, -0.25) is 0 Å². The number of anilines is 1. The third-order valence-corrected chi connectivity index (χ3v) is 4.92. The van der Waals surface area contributed by atoms with E-state index in [9.17, 15) is 0 Å². The number of fused-ring (bicyclic) bond motifs is 1. The molecule has 1 aromatic heterocycles. The van der Waals surface area contributed by atoms with Gasteiger partial charge in [0.1, 0.15) is 5.82 Å². The van der Waals surface area contributed by atoms with Gasteiger partial charge in [0.15, 0.2) is 5.82 Å². The number of rotatable bonds is 9. The molecule has 3 N–H and O–H groups in total. The molecule has 0 aliphatic rings. The van der Waals surface area contributed by atoms with Crippen LogP contribution in [-0.4, -0.2) is 23.1 Å². The molecule has 162 valence electrons. The molecule has 0 unspecified atom stereocenters. The molecule has 0 radical (unpaired) electrons. The van der Waals surface area contributed by atoms with E-state index >= 15 is 0 Å². The van der Waals surface area contributed by atoms with Crippen LogP contribution in [0.15, 0.2) is 42.5 Å². The van der Waals surface area contributed by atoms with Crippen LogP contribution < -0.4 is 11.1 Å². The summed E-state index contributed by atoms with van der Waals surface area (Å²) in [5, 5.41) is 5.34. The largest absolute Gasteiger partial charge is 0.369 e. The van der Waals surface area contributed by atoms with E-state index < -0.39 is 0 Å². The Balaban J connectivity index is 0.00000225. The Bertz CT molecular complexity index is 943. The summed E-state index contributed by atoms with van der Waals surface area (Å²) >= 11 is 5.95. The molecule has 1 heterocycles. The first kappa shape index (κ1) is 26.2. The van der Waals surface area contributed by atoms with E-state index in [4.69, 9.17) is 27.3 Å². The fourth-order valence-electron chi connectivity index (χ4n) is 3.15. The van der Waals surface area contributed by atoms with Crippen molar-refractivity contribution in [2.24, 2.45) is 5.73 Å². The number of halogens is 3. The molecule has 0 bridgehead atoms. The molecule has 0 aliphatic heterocycles. The van der Waals surface area contributed by atoms with Crippen molar-refractivity contribution < 1.29 is 0 Å². The van der Waals surface area contributed by atoms with Crippen molar-refractivity contribution in [3.63, 3.8) is 0 Å². The maximum absolute atomic E-state index is 5.95. The van der Waals surface area contributed by atoms with E-state index in [1.807, 2.05) is 48.6 Å². The zero-order chi connectivity index (χ0) is 19.8. The summed E-state index contributed by atoms with van der Waals surface area (Å²) in [6.45, 7) is 3.76. The van der Waals surface area contributed by atoms with Crippen LogP contribution in [0.4, 0.5) is 5.82 Å². The van der Waals surface area contributed by atoms with Crippen molar-refractivity contribution in [2.45, 2.75) is 32.6 Å². The third-order valence-electron chi connectivity index (χ3n) is 4.67. The van der Waals surface area contributed by atoms with E-state index in [0.29, 0.717) is 5.82 Å². The first-order chi connectivity index (χ1) is 13.7. The minimum absolute atomic E-state index is 0. The second kappa shape index (κ2) is 13.5. The summed E-state index contributed by atoms with van der Waals surface area (Å²) < 4.78 is 0. The van der Waals surface area contributed by atoms with Crippen LogP contribution in [0.25, 0.3) is 23.1 Å². The summed E-state index contributed by atoms with van der Waals surface area (Å²) in [5.41, 5.74) is 8.76. The molecular weight excluding hydrogens is 439 g/mol. The van der Waals surface area contributed by atoms with Gasteiger partial charge >= 0.3 is 0 Å². The van der Waals surface area contributed by atoms with Crippen LogP contribution in [0.1, 0.15) is 42.6 Å². The van der Waals surface area contributed by atoms with Crippen molar-refractivity contribution in [3.05, 3.63) is 64.4 Å². The van der Waals surface area contributed by atoms with Crippen molar-refractivity contribution in [1.82, 2.24) is 9.97 Å². The molecule has 30 heavy (non-hydrogen) atoms. The van der Waals surface area contributed by atoms with Gasteiger partial charge in [0, 0.05) is 17.0 Å². The number of aromatic nitrogens is 2. The Labute approximate surface area is 196 Å². The topological polar surface area (TPSA) is 63.8 Å². The van der Waals surface area contributed by atoms with Crippen LogP contribution in [0.2, 0.25) is 5.02 Å². The second-order valence-electron chi connectivity index (χ2n) is 6.91. The minimum Gasteiger partial charge on any atom is -0.369 e. The molecule has 3 rings (SSSR count). The van der Waals surface area contributed by atoms with E-state index in [1.54, 1.807) is 0 Å². The average Bonchev–Trinajstić information content (AvgIpc) is 2.70. The Kier molecular flexibility index (Phi) is 11.7. The Morgan fingerprint density at radius 1 is 0.933 bits per heavy atom. The van der Waals surface area contributed by atoms with E-state index in [0.717, 1.165) is 53.2 Å². The molecule has 0 aliphatic carbocycles. The molecule has 0 fully saturated rings. The van der Waals surface area contributed by atoms with E-state index in [2.05, 4.69) is 18.3 Å². The lowest BCUT2D eigenvalue weighted by molar-refractivity contribution is 0.661. The minimum atomic E-state index is 0. The lowest BCUT2D eigenvalue weighted by Crippen LogP contribution is -2.07. The van der Waals surface area contributed by atoms with Gasteiger partial charge in [-0.2, -0.15) is 0 Å². The monoisotopic (exact) mass is 466 g/mol. The van der Waals surface area contributed by atoms with Crippen molar-refractivity contribution in [1.29, 1.82) is 0 Å². The number of nitrogens with two attached hydrogens (primary N) is 1. The smallest absolute Gasteiger partial charge is 0.154 e. The number of unbranched alkanes of at least 4 members (excludes halogenated alkanes) is 3. The highest BCUT2D eigenvalue weighted by molar-refractivity contribution is 6.30. The molecule has 7 heteroatoms. The van der Waals surface area contributed by atoms with Crippen LogP contribution in [-0.2, 0) is 0 Å². The van der Waals surface area contributed by atoms with Gasteiger partial charge in [0.2, 0.25) is 0 Å². The van der Waals surface area contributed by atoms with Gasteiger partial charge in [0.05, 0.1) is 5.52 Å². The van der Waals surface area contributed by atoms with Crippen molar-refractivity contribution in [3.8, 4) is 0 Å².